The molecule has 1 aliphatic heterocycles. The zero-order chi connectivity index (χ0) is 14.8. The first-order chi connectivity index (χ1) is 10.1. The van der Waals surface area contributed by atoms with Crippen LogP contribution >= 0.6 is 15.9 Å². The summed E-state index contributed by atoms with van der Waals surface area (Å²) in [6, 6.07) is 6.66. The van der Waals surface area contributed by atoms with E-state index in [1.165, 1.54) is 25.7 Å². The number of nitrogens with zero attached hydrogens (tertiary/aromatic N) is 2. The van der Waals surface area contributed by atoms with Crippen molar-refractivity contribution < 1.29 is 4.79 Å². The second kappa shape index (κ2) is 6.49. The topological polar surface area (TPSA) is 23.6 Å². The van der Waals surface area contributed by atoms with Gasteiger partial charge in [-0.2, -0.15) is 0 Å². The Morgan fingerprint density at radius 2 is 1.81 bits per heavy atom. The molecule has 0 N–H and O–H groups in total. The highest BCUT2D eigenvalue weighted by molar-refractivity contribution is 9.10. The van der Waals surface area contributed by atoms with Crippen LogP contribution in [0.4, 0.5) is 0 Å². The molecule has 0 atom stereocenters. The minimum absolute atomic E-state index is 0.168. The molecule has 1 aromatic carbocycles. The molecule has 114 valence electrons. The van der Waals surface area contributed by atoms with Gasteiger partial charge in [0.1, 0.15) is 0 Å². The Balaban J connectivity index is 1.60. The van der Waals surface area contributed by atoms with E-state index in [4.69, 9.17) is 0 Å². The summed E-state index contributed by atoms with van der Waals surface area (Å²) in [6.07, 6.45) is 5.44. The molecule has 3 rings (SSSR count). The molecule has 1 heterocycles. The van der Waals surface area contributed by atoms with E-state index >= 15 is 0 Å². The molecule has 1 aliphatic carbocycles. The highest BCUT2D eigenvalue weighted by Gasteiger charge is 2.28. The molecule has 0 unspecified atom stereocenters. The number of carbonyl (C=O) groups excluding carboxylic acids is 1. The summed E-state index contributed by atoms with van der Waals surface area (Å²) in [5.41, 5.74) is 1.96. The van der Waals surface area contributed by atoms with Crippen molar-refractivity contribution >= 4 is 21.8 Å². The maximum absolute atomic E-state index is 12.6. The second-order valence-corrected chi connectivity index (χ2v) is 7.08. The Kier molecular flexibility index (Phi) is 4.65. The van der Waals surface area contributed by atoms with E-state index in [0.717, 1.165) is 47.8 Å². The molecule has 1 saturated carbocycles. The van der Waals surface area contributed by atoms with Crippen LogP contribution in [-0.2, 0) is 0 Å². The molecule has 0 aromatic heterocycles. The summed E-state index contributed by atoms with van der Waals surface area (Å²) in [5.74, 6) is 0.168. The van der Waals surface area contributed by atoms with E-state index in [1.807, 2.05) is 30.0 Å². The van der Waals surface area contributed by atoms with Crippen molar-refractivity contribution in [1.29, 1.82) is 0 Å². The van der Waals surface area contributed by atoms with Crippen LogP contribution in [-0.4, -0.2) is 47.9 Å². The number of hydrogen-bond donors (Lipinski definition) is 0. The van der Waals surface area contributed by atoms with Crippen LogP contribution in [0, 0.1) is 6.92 Å². The lowest BCUT2D eigenvalue weighted by Gasteiger charge is -2.38. The largest absolute Gasteiger partial charge is 0.336 e. The van der Waals surface area contributed by atoms with Gasteiger partial charge in [-0.05, 0) is 37.5 Å². The van der Waals surface area contributed by atoms with Crippen molar-refractivity contribution in [3.05, 3.63) is 33.8 Å². The summed E-state index contributed by atoms with van der Waals surface area (Å²) in [4.78, 5) is 17.2. The fourth-order valence-corrected chi connectivity index (χ4v) is 3.85. The van der Waals surface area contributed by atoms with E-state index in [2.05, 4.69) is 20.8 Å². The van der Waals surface area contributed by atoms with Crippen LogP contribution < -0.4 is 0 Å². The predicted octanol–water partition coefficient (Wildman–Crippen LogP) is 3.46. The fraction of sp³-hybridized carbons (Fsp3) is 0.588. The molecule has 1 saturated heterocycles. The normalized spacial score (nSPS) is 21.0. The molecule has 0 bridgehead atoms. The van der Waals surface area contributed by atoms with Gasteiger partial charge in [0.05, 0.1) is 0 Å². The first-order valence-corrected chi connectivity index (χ1v) is 8.74. The lowest BCUT2D eigenvalue weighted by Crippen LogP contribution is -2.51. The number of amides is 1. The zero-order valence-electron chi connectivity index (χ0n) is 12.6. The van der Waals surface area contributed by atoms with Crippen molar-refractivity contribution in [1.82, 2.24) is 9.80 Å². The van der Waals surface area contributed by atoms with E-state index in [9.17, 15) is 4.79 Å². The van der Waals surface area contributed by atoms with Gasteiger partial charge in [0.2, 0.25) is 0 Å². The number of rotatable bonds is 2. The minimum atomic E-state index is 0.168. The van der Waals surface area contributed by atoms with Crippen LogP contribution in [0.2, 0.25) is 0 Å². The molecule has 3 nitrogen and oxygen atoms in total. The lowest BCUT2D eigenvalue weighted by atomic mass is 10.1. The van der Waals surface area contributed by atoms with Gasteiger partial charge in [0.15, 0.2) is 0 Å². The number of hydrogen-bond acceptors (Lipinski definition) is 2. The third kappa shape index (κ3) is 3.32. The van der Waals surface area contributed by atoms with Crippen LogP contribution in [0.25, 0.3) is 0 Å². The number of carbonyl (C=O) groups is 1. The Morgan fingerprint density at radius 1 is 1.14 bits per heavy atom. The van der Waals surface area contributed by atoms with E-state index in [0.29, 0.717) is 0 Å². The van der Waals surface area contributed by atoms with Crippen molar-refractivity contribution in [3.63, 3.8) is 0 Å². The molecule has 2 aliphatic rings. The van der Waals surface area contributed by atoms with Crippen molar-refractivity contribution in [2.45, 2.75) is 38.6 Å². The van der Waals surface area contributed by atoms with Gasteiger partial charge >= 0.3 is 0 Å². The zero-order valence-corrected chi connectivity index (χ0v) is 14.2. The summed E-state index contributed by atoms with van der Waals surface area (Å²) in [7, 11) is 0. The average Bonchev–Trinajstić information content (AvgIpc) is 3.04. The Bertz CT molecular complexity index is 518. The Morgan fingerprint density at radius 3 is 2.43 bits per heavy atom. The monoisotopic (exact) mass is 350 g/mol. The molecule has 1 aromatic rings. The van der Waals surface area contributed by atoms with E-state index in [1.54, 1.807) is 0 Å². The van der Waals surface area contributed by atoms with E-state index in [-0.39, 0.29) is 5.91 Å². The van der Waals surface area contributed by atoms with Crippen molar-refractivity contribution in [2.75, 3.05) is 26.2 Å². The number of halogens is 1. The van der Waals surface area contributed by atoms with Crippen molar-refractivity contribution in [3.8, 4) is 0 Å². The number of aryl methyl sites for hydroxylation is 1. The van der Waals surface area contributed by atoms with Gasteiger partial charge in [-0.15, -0.1) is 0 Å². The van der Waals surface area contributed by atoms with Crippen LogP contribution in [0.3, 0.4) is 0 Å². The van der Waals surface area contributed by atoms with E-state index < -0.39 is 0 Å². The van der Waals surface area contributed by atoms with Gasteiger partial charge in [-0.25, -0.2) is 0 Å². The van der Waals surface area contributed by atoms with Gasteiger partial charge in [0.25, 0.3) is 5.91 Å². The van der Waals surface area contributed by atoms with Gasteiger partial charge in [-0.3, -0.25) is 9.69 Å². The summed E-state index contributed by atoms with van der Waals surface area (Å²) < 4.78 is 1.01. The Hall–Kier alpha value is -0.870. The quantitative estimate of drug-likeness (QED) is 0.815. The highest BCUT2D eigenvalue weighted by Crippen LogP contribution is 2.25. The standard InChI is InChI=1S/C17H23BrN2O/c1-13-6-7-14(12-16(13)18)17(21)20-10-8-19(9-11-20)15-4-2-3-5-15/h6-7,12,15H,2-5,8-11H2,1H3. The minimum Gasteiger partial charge on any atom is -0.336 e. The third-order valence-electron chi connectivity index (χ3n) is 4.86. The summed E-state index contributed by atoms with van der Waals surface area (Å²) in [6.45, 7) is 5.83. The molecule has 21 heavy (non-hydrogen) atoms. The lowest BCUT2D eigenvalue weighted by molar-refractivity contribution is 0.0573. The molecule has 4 heteroatoms. The van der Waals surface area contributed by atoms with Gasteiger partial charge in [0, 0.05) is 42.3 Å². The molecular weight excluding hydrogens is 328 g/mol. The molecular formula is C17H23BrN2O. The predicted molar refractivity (Wildman–Crippen MR) is 88.6 cm³/mol. The second-order valence-electron chi connectivity index (χ2n) is 6.23. The SMILES string of the molecule is Cc1ccc(C(=O)N2CCN(C3CCCC3)CC2)cc1Br. The highest BCUT2D eigenvalue weighted by atomic mass is 79.9. The van der Waals surface area contributed by atoms with Crippen LogP contribution in [0.5, 0.6) is 0 Å². The summed E-state index contributed by atoms with van der Waals surface area (Å²) in [5, 5.41) is 0. The first kappa shape index (κ1) is 15.0. The van der Waals surface area contributed by atoms with Crippen molar-refractivity contribution in [2.24, 2.45) is 0 Å². The molecule has 0 radical (unpaired) electrons. The van der Waals surface area contributed by atoms with Crippen LogP contribution in [0.1, 0.15) is 41.6 Å². The third-order valence-corrected chi connectivity index (χ3v) is 5.72. The Labute approximate surface area is 135 Å². The van der Waals surface area contributed by atoms with Gasteiger partial charge in [-0.1, -0.05) is 34.8 Å². The molecule has 2 fully saturated rings. The average molecular weight is 351 g/mol. The first-order valence-electron chi connectivity index (χ1n) is 7.94. The molecule has 0 spiro atoms. The van der Waals surface area contributed by atoms with Gasteiger partial charge < -0.3 is 4.90 Å². The maximum Gasteiger partial charge on any atom is 0.253 e. The maximum atomic E-state index is 12.6. The molecule has 1 amide bonds. The number of benzene rings is 1. The smallest absolute Gasteiger partial charge is 0.253 e. The fourth-order valence-electron chi connectivity index (χ4n) is 3.47. The number of piperazine rings is 1. The van der Waals surface area contributed by atoms with Crippen LogP contribution in [0.15, 0.2) is 22.7 Å². The summed E-state index contributed by atoms with van der Waals surface area (Å²) >= 11 is 3.51.